The van der Waals surface area contributed by atoms with Crippen LogP contribution in [0.1, 0.15) is 47.7 Å². The molecular weight excluding hydrogens is 508 g/mol. The first-order valence-electron chi connectivity index (χ1n) is 15.1. The molecule has 0 radical (unpaired) electrons. The van der Waals surface area contributed by atoms with Crippen molar-refractivity contribution < 1.29 is 9.59 Å². The maximum atomic E-state index is 14.1. The Bertz CT molecular complexity index is 1520. The predicted octanol–water partition coefficient (Wildman–Crippen LogP) is 5.35. The molecule has 3 aliphatic heterocycles. The summed E-state index contributed by atoms with van der Waals surface area (Å²) in [5, 5.41) is 1.18. The van der Waals surface area contributed by atoms with E-state index in [1.807, 2.05) is 21.9 Å². The van der Waals surface area contributed by atoms with Crippen LogP contribution in [-0.4, -0.2) is 63.7 Å². The Morgan fingerprint density at radius 2 is 1.49 bits per heavy atom. The van der Waals surface area contributed by atoms with Gasteiger partial charge in [-0.3, -0.25) is 14.5 Å². The van der Waals surface area contributed by atoms with E-state index in [0.29, 0.717) is 18.9 Å². The molecule has 0 bridgehead atoms. The molecule has 210 valence electrons. The van der Waals surface area contributed by atoms with Gasteiger partial charge >= 0.3 is 0 Å². The fourth-order valence-corrected chi connectivity index (χ4v) is 7.33. The Morgan fingerprint density at radius 3 is 2.24 bits per heavy atom. The van der Waals surface area contributed by atoms with E-state index in [-0.39, 0.29) is 24.4 Å². The van der Waals surface area contributed by atoms with Gasteiger partial charge in [-0.15, -0.1) is 0 Å². The Hall–Kier alpha value is -3.90. The monoisotopic (exact) mass is 546 g/mol. The first kappa shape index (κ1) is 26.0. The largest absolute Gasteiger partial charge is 0.356 e. The summed E-state index contributed by atoms with van der Waals surface area (Å²) in [7, 11) is 0. The molecule has 2 amide bonds. The third-order valence-corrected chi connectivity index (χ3v) is 9.44. The lowest BCUT2D eigenvalue weighted by Gasteiger charge is -2.48. The van der Waals surface area contributed by atoms with Crippen LogP contribution in [0.3, 0.4) is 0 Å². The lowest BCUT2D eigenvalue weighted by atomic mass is 9.86. The number of fused-ring (bicyclic) bond motifs is 4. The number of carbonyl (C=O) groups excluding carboxylic acids is 2. The van der Waals surface area contributed by atoms with Crippen LogP contribution in [0.5, 0.6) is 0 Å². The molecule has 1 aromatic heterocycles. The highest BCUT2D eigenvalue weighted by atomic mass is 16.2. The number of likely N-dealkylation sites (tertiary alicyclic amines) is 1. The summed E-state index contributed by atoms with van der Waals surface area (Å²) in [5.41, 5.74) is 6.00. The fraction of sp³-hybridized carbons (Fsp3) is 0.371. The quantitative estimate of drug-likeness (QED) is 0.340. The average molecular weight is 547 g/mol. The van der Waals surface area contributed by atoms with Crippen molar-refractivity contribution in [3.63, 3.8) is 0 Å². The van der Waals surface area contributed by atoms with Gasteiger partial charge in [0.1, 0.15) is 6.04 Å². The molecule has 4 aromatic rings. The number of benzene rings is 3. The number of nitrogens with zero attached hydrogens (tertiary/aromatic N) is 3. The van der Waals surface area contributed by atoms with Crippen LogP contribution in [0.2, 0.25) is 0 Å². The molecule has 2 atom stereocenters. The van der Waals surface area contributed by atoms with Crippen molar-refractivity contribution in [2.24, 2.45) is 5.92 Å². The van der Waals surface area contributed by atoms with Gasteiger partial charge in [0.15, 0.2) is 0 Å². The zero-order valence-electron chi connectivity index (χ0n) is 23.5. The molecule has 7 rings (SSSR count). The molecule has 2 saturated heterocycles. The number of piperidine rings is 1. The number of aryl methyl sites for hydroxylation is 1. The van der Waals surface area contributed by atoms with E-state index >= 15 is 0 Å². The lowest BCUT2D eigenvalue weighted by Crippen LogP contribution is -2.63. The molecular formula is C35H38N4O2. The normalized spacial score (nSPS) is 21.8. The van der Waals surface area contributed by atoms with E-state index in [4.69, 9.17) is 0 Å². The van der Waals surface area contributed by atoms with Crippen molar-refractivity contribution in [1.29, 1.82) is 0 Å². The molecule has 2 fully saturated rings. The van der Waals surface area contributed by atoms with Gasteiger partial charge in [0.2, 0.25) is 11.8 Å². The van der Waals surface area contributed by atoms with Gasteiger partial charge in [-0.1, -0.05) is 78.9 Å². The standard InChI is InChI=1S/C35H38N4O2/c40-33-24-38(23-27-17-19-37(20-18-27)22-26-11-5-2-6-12-26)35(41)32-21-29-28-13-7-8-14-30(28)36-34(29)31(39(32)33)16-15-25-9-3-1-4-10-25/h1-14,27,31-32,36H,15-24H2/t31-,32-/m0/s1. The number of amides is 2. The van der Waals surface area contributed by atoms with E-state index in [0.717, 1.165) is 56.5 Å². The van der Waals surface area contributed by atoms with E-state index in [9.17, 15) is 9.59 Å². The molecule has 0 saturated carbocycles. The SMILES string of the molecule is O=C1[C@@H]2Cc3c([nH]c4ccccc34)[C@H](CCc3ccccc3)N2C(=O)CN1CC1CCN(Cc2ccccc2)CC1. The van der Waals surface area contributed by atoms with Gasteiger partial charge in [0, 0.05) is 36.1 Å². The Balaban J connectivity index is 1.08. The Morgan fingerprint density at radius 1 is 0.805 bits per heavy atom. The van der Waals surface area contributed by atoms with E-state index in [1.54, 1.807) is 0 Å². The van der Waals surface area contributed by atoms with Gasteiger partial charge in [-0.2, -0.15) is 0 Å². The van der Waals surface area contributed by atoms with Crippen LogP contribution >= 0.6 is 0 Å². The number of para-hydroxylation sites is 1. The van der Waals surface area contributed by atoms with E-state index in [1.165, 1.54) is 22.1 Å². The predicted molar refractivity (Wildman–Crippen MR) is 161 cm³/mol. The highest BCUT2D eigenvalue weighted by Gasteiger charge is 2.47. The molecule has 3 aliphatic rings. The number of aromatic amines is 1. The topological polar surface area (TPSA) is 59.7 Å². The first-order chi connectivity index (χ1) is 20.1. The van der Waals surface area contributed by atoms with Gasteiger partial charge in [-0.05, 0) is 67.4 Å². The van der Waals surface area contributed by atoms with Gasteiger partial charge in [-0.25, -0.2) is 0 Å². The number of nitrogens with one attached hydrogen (secondary N) is 1. The second-order valence-electron chi connectivity index (χ2n) is 12.0. The number of hydrogen-bond acceptors (Lipinski definition) is 3. The molecule has 0 spiro atoms. The zero-order chi connectivity index (χ0) is 27.8. The second kappa shape index (κ2) is 11.2. The number of rotatable bonds is 7. The van der Waals surface area contributed by atoms with E-state index < -0.39 is 6.04 Å². The molecule has 0 aliphatic carbocycles. The van der Waals surface area contributed by atoms with Gasteiger partial charge in [0.25, 0.3) is 0 Å². The summed E-state index contributed by atoms with van der Waals surface area (Å²) in [6.45, 7) is 3.92. The molecule has 4 heterocycles. The highest BCUT2D eigenvalue weighted by Crippen LogP contribution is 2.41. The average Bonchev–Trinajstić information content (AvgIpc) is 3.38. The summed E-state index contributed by atoms with van der Waals surface area (Å²) in [6, 6.07) is 28.9. The minimum atomic E-state index is -0.429. The van der Waals surface area contributed by atoms with Crippen molar-refractivity contribution >= 4 is 22.7 Å². The van der Waals surface area contributed by atoms with Crippen molar-refractivity contribution in [3.8, 4) is 0 Å². The molecule has 0 unspecified atom stereocenters. The summed E-state index contributed by atoms with van der Waals surface area (Å²) in [6.07, 6.45) is 4.35. The number of aromatic nitrogens is 1. The van der Waals surface area contributed by atoms with Crippen LogP contribution in [0.15, 0.2) is 84.9 Å². The van der Waals surface area contributed by atoms with Crippen molar-refractivity contribution in [2.45, 2.75) is 50.7 Å². The molecule has 6 nitrogen and oxygen atoms in total. The molecule has 1 N–H and O–H groups in total. The third kappa shape index (κ3) is 5.17. The summed E-state index contributed by atoms with van der Waals surface area (Å²) < 4.78 is 0. The first-order valence-corrected chi connectivity index (χ1v) is 15.1. The highest BCUT2D eigenvalue weighted by molar-refractivity contribution is 5.97. The zero-order valence-corrected chi connectivity index (χ0v) is 23.5. The number of carbonyl (C=O) groups is 2. The van der Waals surface area contributed by atoms with E-state index in [2.05, 4.69) is 82.7 Å². The van der Waals surface area contributed by atoms with Crippen LogP contribution < -0.4 is 0 Å². The summed E-state index contributed by atoms with van der Waals surface area (Å²) >= 11 is 0. The minimum Gasteiger partial charge on any atom is -0.356 e. The fourth-order valence-electron chi connectivity index (χ4n) is 7.33. The van der Waals surface area contributed by atoms with Crippen LogP contribution in [0.25, 0.3) is 10.9 Å². The lowest BCUT2D eigenvalue weighted by molar-refractivity contribution is -0.160. The number of H-pyrrole nitrogens is 1. The van der Waals surface area contributed by atoms with Crippen LogP contribution in [0.4, 0.5) is 0 Å². The second-order valence-corrected chi connectivity index (χ2v) is 12.0. The van der Waals surface area contributed by atoms with Gasteiger partial charge < -0.3 is 14.8 Å². The Labute approximate surface area is 241 Å². The van der Waals surface area contributed by atoms with Crippen molar-refractivity contribution in [1.82, 2.24) is 19.7 Å². The number of piperazine rings is 1. The van der Waals surface area contributed by atoms with Crippen molar-refractivity contribution in [3.05, 3.63) is 107 Å². The maximum Gasteiger partial charge on any atom is 0.246 e. The number of hydrogen-bond donors (Lipinski definition) is 1. The molecule has 41 heavy (non-hydrogen) atoms. The van der Waals surface area contributed by atoms with Crippen LogP contribution in [0, 0.1) is 5.92 Å². The smallest absolute Gasteiger partial charge is 0.246 e. The maximum absolute atomic E-state index is 14.1. The van der Waals surface area contributed by atoms with Crippen molar-refractivity contribution in [2.75, 3.05) is 26.2 Å². The summed E-state index contributed by atoms with van der Waals surface area (Å²) in [5.74, 6) is 0.641. The van der Waals surface area contributed by atoms with Gasteiger partial charge in [0.05, 0.1) is 12.6 Å². The molecule has 3 aromatic carbocycles. The minimum absolute atomic E-state index is 0.0819. The third-order valence-electron chi connectivity index (χ3n) is 9.44. The summed E-state index contributed by atoms with van der Waals surface area (Å²) in [4.78, 5) is 37.9. The van der Waals surface area contributed by atoms with Crippen LogP contribution in [-0.2, 0) is 29.0 Å². The molecule has 6 heteroatoms. The Kier molecular flexibility index (Phi) is 7.09.